The van der Waals surface area contributed by atoms with Gasteiger partial charge in [0.05, 0.1) is 27.2 Å². The summed E-state index contributed by atoms with van der Waals surface area (Å²) >= 11 is 11.9. The first kappa shape index (κ1) is 13.4. The number of nitrogens with one attached hydrogen (secondary N) is 1. The van der Waals surface area contributed by atoms with Gasteiger partial charge < -0.3 is 5.32 Å². The van der Waals surface area contributed by atoms with E-state index in [0.717, 1.165) is 0 Å². The van der Waals surface area contributed by atoms with Gasteiger partial charge in [0.2, 0.25) is 0 Å². The summed E-state index contributed by atoms with van der Waals surface area (Å²) in [5.74, 6) is -0.411. The van der Waals surface area contributed by atoms with Crippen LogP contribution >= 0.6 is 23.2 Å². The van der Waals surface area contributed by atoms with Gasteiger partial charge in [0, 0.05) is 5.69 Å². The largest absolute Gasteiger partial charge is 0.322 e. The van der Waals surface area contributed by atoms with Gasteiger partial charge in [-0.05, 0) is 30.3 Å². The van der Waals surface area contributed by atoms with Gasteiger partial charge in [-0.15, -0.1) is 0 Å². The average Bonchev–Trinajstić information content (AvgIpc) is 2.38. The van der Waals surface area contributed by atoms with Gasteiger partial charge in [-0.3, -0.25) is 4.79 Å². The lowest BCUT2D eigenvalue weighted by atomic mass is 10.2. The molecule has 0 spiro atoms. The summed E-state index contributed by atoms with van der Waals surface area (Å²) < 4.78 is 0. The standard InChI is InChI=1S/C14H8Cl2N2O/c15-11-5-2-6-12(16)13(11)14(19)18-10-4-1-3-9(7-10)8-17/h1-7H,(H,18,19). The third-order valence-corrected chi connectivity index (χ3v) is 3.07. The molecule has 0 heterocycles. The first-order valence-electron chi connectivity index (χ1n) is 5.37. The Morgan fingerprint density at radius 2 is 1.74 bits per heavy atom. The van der Waals surface area contributed by atoms with Crippen molar-refractivity contribution in [2.45, 2.75) is 0 Å². The summed E-state index contributed by atoms with van der Waals surface area (Å²) in [6, 6.07) is 13.4. The maximum atomic E-state index is 12.1. The first-order valence-corrected chi connectivity index (χ1v) is 6.13. The second-order valence-electron chi connectivity index (χ2n) is 3.74. The van der Waals surface area contributed by atoms with E-state index in [1.807, 2.05) is 6.07 Å². The Labute approximate surface area is 120 Å². The van der Waals surface area contributed by atoms with Crippen molar-refractivity contribution >= 4 is 34.8 Å². The molecule has 0 aliphatic heterocycles. The number of carbonyl (C=O) groups is 1. The van der Waals surface area contributed by atoms with Crippen molar-refractivity contribution in [3.05, 3.63) is 63.6 Å². The molecule has 0 radical (unpaired) electrons. The van der Waals surface area contributed by atoms with Crippen molar-refractivity contribution in [1.29, 1.82) is 5.26 Å². The van der Waals surface area contributed by atoms with E-state index < -0.39 is 5.91 Å². The lowest BCUT2D eigenvalue weighted by Crippen LogP contribution is -2.13. The average molecular weight is 291 g/mol. The molecule has 0 saturated carbocycles. The zero-order valence-electron chi connectivity index (χ0n) is 9.65. The monoisotopic (exact) mass is 290 g/mol. The molecule has 2 rings (SSSR count). The van der Waals surface area contributed by atoms with Crippen LogP contribution in [-0.2, 0) is 0 Å². The van der Waals surface area contributed by atoms with Crippen LogP contribution in [0.15, 0.2) is 42.5 Å². The smallest absolute Gasteiger partial charge is 0.258 e. The number of amides is 1. The molecule has 0 aliphatic rings. The Morgan fingerprint density at radius 1 is 1.11 bits per heavy atom. The molecule has 0 fully saturated rings. The molecule has 0 atom stereocenters. The molecule has 2 aromatic rings. The summed E-state index contributed by atoms with van der Waals surface area (Å²) in [7, 11) is 0. The molecular weight excluding hydrogens is 283 g/mol. The van der Waals surface area contributed by atoms with E-state index in [1.54, 1.807) is 42.5 Å². The number of rotatable bonds is 2. The summed E-state index contributed by atoms with van der Waals surface area (Å²) in [5, 5.41) is 12.0. The number of benzene rings is 2. The number of nitriles is 1. The SMILES string of the molecule is N#Cc1cccc(NC(=O)c2c(Cl)cccc2Cl)c1. The zero-order chi connectivity index (χ0) is 13.8. The van der Waals surface area contributed by atoms with Crippen LogP contribution in [-0.4, -0.2) is 5.91 Å². The van der Waals surface area contributed by atoms with Crippen molar-refractivity contribution in [2.24, 2.45) is 0 Å². The van der Waals surface area contributed by atoms with E-state index in [-0.39, 0.29) is 15.6 Å². The van der Waals surface area contributed by atoms with Crippen molar-refractivity contribution in [1.82, 2.24) is 0 Å². The quantitative estimate of drug-likeness (QED) is 0.905. The maximum Gasteiger partial charge on any atom is 0.258 e. The second-order valence-corrected chi connectivity index (χ2v) is 4.56. The number of nitrogens with zero attached hydrogens (tertiary/aromatic N) is 1. The molecule has 3 nitrogen and oxygen atoms in total. The van der Waals surface area contributed by atoms with E-state index >= 15 is 0 Å². The van der Waals surface area contributed by atoms with Gasteiger partial charge >= 0.3 is 0 Å². The number of hydrogen-bond acceptors (Lipinski definition) is 2. The highest BCUT2D eigenvalue weighted by Crippen LogP contribution is 2.25. The first-order chi connectivity index (χ1) is 9.11. The van der Waals surface area contributed by atoms with Gasteiger partial charge in [-0.2, -0.15) is 5.26 Å². The maximum absolute atomic E-state index is 12.1. The third kappa shape index (κ3) is 3.05. The fourth-order valence-electron chi connectivity index (χ4n) is 1.57. The lowest BCUT2D eigenvalue weighted by molar-refractivity contribution is 0.102. The van der Waals surface area contributed by atoms with E-state index in [1.165, 1.54) is 0 Å². The normalized spacial score (nSPS) is 9.74. The number of carbonyl (C=O) groups excluding carboxylic acids is 1. The fraction of sp³-hybridized carbons (Fsp3) is 0. The minimum Gasteiger partial charge on any atom is -0.322 e. The number of hydrogen-bond donors (Lipinski definition) is 1. The van der Waals surface area contributed by atoms with Gasteiger partial charge in [-0.1, -0.05) is 35.3 Å². The summed E-state index contributed by atoms with van der Waals surface area (Å²) in [5.41, 5.74) is 1.19. The third-order valence-electron chi connectivity index (χ3n) is 2.44. The molecule has 0 aromatic heterocycles. The van der Waals surface area contributed by atoms with Crippen LogP contribution in [0.5, 0.6) is 0 Å². The van der Waals surface area contributed by atoms with Gasteiger partial charge in [0.25, 0.3) is 5.91 Å². The highest BCUT2D eigenvalue weighted by Gasteiger charge is 2.14. The summed E-state index contributed by atoms with van der Waals surface area (Å²) in [4.78, 5) is 12.1. The minimum atomic E-state index is -0.411. The molecule has 0 unspecified atom stereocenters. The topological polar surface area (TPSA) is 52.9 Å². The van der Waals surface area contributed by atoms with Crippen molar-refractivity contribution in [3.8, 4) is 6.07 Å². The predicted octanol–water partition coefficient (Wildman–Crippen LogP) is 4.12. The molecule has 0 aliphatic carbocycles. The van der Waals surface area contributed by atoms with E-state index in [2.05, 4.69) is 5.32 Å². The zero-order valence-corrected chi connectivity index (χ0v) is 11.2. The Morgan fingerprint density at radius 3 is 2.37 bits per heavy atom. The van der Waals surface area contributed by atoms with Crippen molar-refractivity contribution in [2.75, 3.05) is 5.32 Å². The summed E-state index contributed by atoms with van der Waals surface area (Å²) in [6.45, 7) is 0. The van der Waals surface area contributed by atoms with Gasteiger partial charge in [0.1, 0.15) is 0 Å². The highest BCUT2D eigenvalue weighted by atomic mass is 35.5. The Hall–Kier alpha value is -2.02. The van der Waals surface area contributed by atoms with Crippen LogP contribution in [0.1, 0.15) is 15.9 Å². The fourth-order valence-corrected chi connectivity index (χ4v) is 2.14. The molecule has 2 aromatic carbocycles. The number of halogens is 2. The molecule has 1 amide bonds. The minimum absolute atomic E-state index is 0.216. The van der Waals surface area contributed by atoms with Gasteiger partial charge in [0.15, 0.2) is 0 Å². The molecule has 5 heteroatoms. The van der Waals surface area contributed by atoms with Crippen LogP contribution in [0.4, 0.5) is 5.69 Å². The van der Waals surface area contributed by atoms with E-state index in [9.17, 15) is 4.79 Å². The van der Waals surface area contributed by atoms with Crippen LogP contribution < -0.4 is 5.32 Å². The Balaban J connectivity index is 2.29. The van der Waals surface area contributed by atoms with Crippen LogP contribution in [0.2, 0.25) is 10.0 Å². The predicted molar refractivity (Wildman–Crippen MR) is 75.6 cm³/mol. The molecule has 1 N–H and O–H groups in total. The van der Waals surface area contributed by atoms with Crippen LogP contribution in [0.25, 0.3) is 0 Å². The lowest BCUT2D eigenvalue weighted by Gasteiger charge is -2.08. The van der Waals surface area contributed by atoms with Crippen LogP contribution in [0.3, 0.4) is 0 Å². The summed E-state index contributed by atoms with van der Waals surface area (Å²) in [6.07, 6.45) is 0. The molecule has 19 heavy (non-hydrogen) atoms. The van der Waals surface area contributed by atoms with E-state index in [0.29, 0.717) is 11.3 Å². The Kier molecular flexibility index (Phi) is 4.06. The highest BCUT2D eigenvalue weighted by molar-refractivity contribution is 6.40. The molecule has 0 saturated heterocycles. The van der Waals surface area contributed by atoms with Gasteiger partial charge in [-0.25, -0.2) is 0 Å². The number of anilines is 1. The second kappa shape index (κ2) is 5.75. The van der Waals surface area contributed by atoms with E-state index in [4.69, 9.17) is 28.5 Å². The Bertz CT molecular complexity index is 657. The molecular formula is C14H8Cl2N2O. The van der Waals surface area contributed by atoms with Crippen molar-refractivity contribution in [3.63, 3.8) is 0 Å². The van der Waals surface area contributed by atoms with Crippen molar-refractivity contribution < 1.29 is 4.79 Å². The molecule has 0 bridgehead atoms. The molecule has 94 valence electrons. The van der Waals surface area contributed by atoms with Crippen LogP contribution in [0, 0.1) is 11.3 Å².